The Bertz CT molecular complexity index is 1240. The first-order chi connectivity index (χ1) is 15.0. The molecule has 0 saturated heterocycles. The van der Waals surface area contributed by atoms with Gasteiger partial charge in [0, 0.05) is 35.9 Å². The topological polar surface area (TPSA) is 77.9 Å². The molecule has 0 N–H and O–H groups in total. The van der Waals surface area contributed by atoms with Gasteiger partial charge in [-0.3, -0.25) is 19.7 Å². The van der Waals surface area contributed by atoms with Crippen LogP contribution in [0.25, 0.3) is 11.3 Å². The van der Waals surface area contributed by atoms with Crippen molar-refractivity contribution in [2.45, 2.75) is 20.3 Å². The van der Waals surface area contributed by atoms with E-state index in [4.69, 9.17) is 4.74 Å². The van der Waals surface area contributed by atoms with E-state index in [0.717, 1.165) is 16.7 Å². The molecule has 0 bridgehead atoms. The van der Waals surface area contributed by atoms with Gasteiger partial charge < -0.3 is 4.74 Å². The summed E-state index contributed by atoms with van der Waals surface area (Å²) in [5.41, 5.74) is 4.40. The number of pyridine rings is 2. The van der Waals surface area contributed by atoms with E-state index >= 15 is 0 Å². The number of ether oxygens (including phenoxy) is 1. The van der Waals surface area contributed by atoms with Crippen LogP contribution in [0.1, 0.15) is 27.2 Å². The molecule has 0 saturated carbocycles. The standard InChI is InChI=1S/C24H19FN4O2/c1-15-5-6-18(31-24-21(25)4-3-8-27-24)11-19(15)22-14-28-17(12-29-22)10-23(30)20-13-26-9-7-16(20)2/h3-9,11-14H,10H2,1-2H3. The molecule has 0 aliphatic rings. The molecule has 3 aromatic heterocycles. The second-order valence-corrected chi connectivity index (χ2v) is 7.05. The molecule has 0 aliphatic heterocycles. The van der Waals surface area contributed by atoms with E-state index in [9.17, 15) is 9.18 Å². The van der Waals surface area contributed by atoms with Crippen LogP contribution < -0.4 is 4.74 Å². The number of halogens is 1. The number of aromatic nitrogens is 4. The van der Waals surface area contributed by atoms with Crippen molar-refractivity contribution < 1.29 is 13.9 Å². The van der Waals surface area contributed by atoms with Crippen molar-refractivity contribution in [2.24, 2.45) is 0 Å². The molecule has 7 heteroatoms. The van der Waals surface area contributed by atoms with E-state index in [0.29, 0.717) is 22.7 Å². The van der Waals surface area contributed by atoms with Gasteiger partial charge in [0.25, 0.3) is 5.88 Å². The van der Waals surface area contributed by atoms with E-state index in [2.05, 4.69) is 19.9 Å². The van der Waals surface area contributed by atoms with Gasteiger partial charge >= 0.3 is 0 Å². The van der Waals surface area contributed by atoms with Crippen LogP contribution in [0.5, 0.6) is 11.6 Å². The van der Waals surface area contributed by atoms with Crippen molar-refractivity contribution >= 4 is 5.78 Å². The highest BCUT2D eigenvalue weighted by molar-refractivity contribution is 5.98. The smallest absolute Gasteiger partial charge is 0.255 e. The fourth-order valence-electron chi connectivity index (χ4n) is 3.10. The number of Topliss-reactive ketones (excluding diaryl/α,β-unsaturated/α-hetero) is 1. The average Bonchev–Trinajstić information content (AvgIpc) is 2.77. The van der Waals surface area contributed by atoms with Crippen LogP contribution in [0.15, 0.2) is 67.4 Å². The summed E-state index contributed by atoms with van der Waals surface area (Å²) < 4.78 is 19.4. The highest BCUT2D eigenvalue weighted by Crippen LogP contribution is 2.29. The van der Waals surface area contributed by atoms with Crippen molar-refractivity contribution in [2.75, 3.05) is 0 Å². The van der Waals surface area contributed by atoms with Gasteiger partial charge in [-0.25, -0.2) is 9.37 Å². The minimum atomic E-state index is -0.540. The molecular weight excluding hydrogens is 395 g/mol. The summed E-state index contributed by atoms with van der Waals surface area (Å²) in [6.45, 7) is 3.81. The number of rotatable bonds is 6. The number of ketones is 1. The van der Waals surface area contributed by atoms with Gasteiger partial charge in [0.05, 0.1) is 24.0 Å². The number of nitrogens with zero attached hydrogens (tertiary/aromatic N) is 4. The highest BCUT2D eigenvalue weighted by Gasteiger charge is 2.13. The second-order valence-electron chi connectivity index (χ2n) is 7.05. The quantitative estimate of drug-likeness (QED) is 0.417. The maximum absolute atomic E-state index is 13.8. The number of hydrogen-bond donors (Lipinski definition) is 0. The zero-order valence-electron chi connectivity index (χ0n) is 17.0. The SMILES string of the molecule is Cc1ccncc1C(=O)Cc1cnc(-c2cc(Oc3ncccc3F)ccc2C)cn1. The van der Waals surface area contributed by atoms with E-state index in [1.807, 2.05) is 19.9 Å². The Labute approximate surface area is 178 Å². The zero-order valence-corrected chi connectivity index (χ0v) is 17.0. The number of aryl methyl sites for hydroxylation is 2. The molecule has 31 heavy (non-hydrogen) atoms. The van der Waals surface area contributed by atoms with E-state index < -0.39 is 5.82 Å². The molecular formula is C24H19FN4O2. The maximum atomic E-state index is 13.8. The Balaban J connectivity index is 1.54. The Morgan fingerprint density at radius 3 is 2.58 bits per heavy atom. The Kier molecular flexibility index (Phi) is 5.75. The zero-order chi connectivity index (χ0) is 21.8. The van der Waals surface area contributed by atoms with Gasteiger partial charge in [-0.15, -0.1) is 0 Å². The molecule has 0 aliphatic carbocycles. The molecule has 0 radical (unpaired) electrons. The average molecular weight is 414 g/mol. The van der Waals surface area contributed by atoms with Crippen LogP contribution in [0.2, 0.25) is 0 Å². The molecule has 0 fully saturated rings. The molecule has 1 aromatic carbocycles. The van der Waals surface area contributed by atoms with Crippen molar-refractivity contribution in [3.05, 3.63) is 95.6 Å². The predicted molar refractivity (Wildman–Crippen MR) is 113 cm³/mol. The van der Waals surface area contributed by atoms with Crippen molar-refractivity contribution in [3.8, 4) is 22.9 Å². The van der Waals surface area contributed by atoms with Gasteiger partial charge in [-0.1, -0.05) is 6.07 Å². The molecule has 4 aromatic rings. The fraction of sp³-hybridized carbons (Fsp3) is 0.125. The van der Waals surface area contributed by atoms with Crippen molar-refractivity contribution in [1.82, 2.24) is 19.9 Å². The number of hydrogen-bond acceptors (Lipinski definition) is 6. The van der Waals surface area contributed by atoms with Crippen LogP contribution in [-0.4, -0.2) is 25.7 Å². The Morgan fingerprint density at radius 1 is 0.968 bits per heavy atom. The first-order valence-electron chi connectivity index (χ1n) is 9.65. The van der Waals surface area contributed by atoms with Gasteiger partial charge in [-0.2, -0.15) is 0 Å². The van der Waals surface area contributed by atoms with Gasteiger partial charge in [-0.05, 0) is 55.3 Å². The van der Waals surface area contributed by atoms with E-state index in [1.165, 1.54) is 18.3 Å². The summed E-state index contributed by atoms with van der Waals surface area (Å²) in [4.78, 5) is 29.3. The molecule has 3 heterocycles. The highest BCUT2D eigenvalue weighted by atomic mass is 19.1. The molecule has 0 atom stereocenters. The van der Waals surface area contributed by atoms with Crippen molar-refractivity contribution in [1.29, 1.82) is 0 Å². The molecule has 154 valence electrons. The first kappa shape index (κ1) is 20.3. The lowest BCUT2D eigenvalue weighted by atomic mass is 10.0. The van der Waals surface area contributed by atoms with Crippen LogP contribution in [0.3, 0.4) is 0 Å². The number of carbonyl (C=O) groups excluding carboxylic acids is 1. The van der Waals surface area contributed by atoms with E-state index in [-0.39, 0.29) is 18.1 Å². The van der Waals surface area contributed by atoms with Crippen LogP contribution in [-0.2, 0) is 6.42 Å². The summed E-state index contributed by atoms with van der Waals surface area (Å²) in [5, 5.41) is 0. The van der Waals surface area contributed by atoms with Crippen molar-refractivity contribution in [3.63, 3.8) is 0 Å². The Hall–Kier alpha value is -4.00. The molecule has 6 nitrogen and oxygen atoms in total. The fourth-order valence-corrected chi connectivity index (χ4v) is 3.10. The third-order valence-corrected chi connectivity index (χ3v) is 4.81. The number of carbonyl (C=O) groups is 1. The lowest BCUT2D eigenvalue weighted by Gasteiger charge is -2.10. The summed E-state index contributed by atoms with van der Waals surface area (Å²) in [6.07, 6.45) is 8.03. The third kappa shape index (κ3) is 4.61. The minimum Gasteiger partial charge on any atom is -0.436 e. The normalized spacial score (nSPS) is 10.7. The summed E-state index contributed by atoms with van der Waals surface area (Å²) in [5.74, 6) is -0.256. The molecule has 4 rings (SSSR count). The monoisotopic (exact) mass is 414 g/mol. The summed E-state index contributed by atoms with van der Waals surface area (Å²) in [7, 11) is 0. The summed E-state index contributed by atoms with van der Waals surface area (Å²) in [6, 6.07) is 9.95. The first-order valence-corrected chi connectivity index (χ1v) is 9.65. The maximum Gasteiger partial charge on any atom is 0.255 e. The van der Waals surface area contributed by atoms with Gasteiger partial charge in [0.2, 0.25) is 0 Å². The third-order valence-electron chi connectivity index (χ3n) is 4.81. The van der Waals surface area contributed by atoms with Crippen LogP contribution in [0, 0.1) is 19.7 Å². The van der Waals surface area contributed by atoms with Crippen LogP contribution in [0.4, 0.5) is 4.39 Å². The summed E-state index contributed by atoms with van der Waals surface area (Å²) >= 11 is 0. The molecule has 0 amide bonds. The molecule has 0 unspecified atom stereocenters. The lowest BCUT2D eigenvalue weighted by Crippen LogP contribution is -2.08. The van der Waals surface area contributed by atoms with Gasteiger partial charge in [0.15, 0.2) is 11.6 Å². The van der Waals surface area contributed by atoms with Crippen LogP contribution >= 0.6 is 0 Å². The predicted octanol–water partition coefficient (Wildman–Crippen LogP) is 4.91. The van der Waals surface area contributed by atoms with E-state index in [1.54, 1.807) is 43.0 Å². The Morgan fingerprint density at radius 2 is 1.84 bits per heavy atom. The van der Waals surface area contributed by atoms with Gasteiger partial charge in [0.1, 0.15) is 5.75 Å². The lowest BCUT2D eigenvalue weighted by molar-refractivity contribution is 0.0991. The minimum absolute atomic E-state index is 0.0587. The number of benzene rings is 1. The molecule has 0 spiro atoms. The largest absolute Gasteiger partial charge is 0.436 e. The second kappa shape index (κ2) is 8.79.